The van der Waals surface area contributed by atoms with Gasteiger partial charge in [-0.25, -0.2) is 4.98 Å². The van der Waals surface area contributed by atoms with Gasteiger partial charge in [0.25, 0.3) is 0 Å². The molecule has 98 valence electrons. The largest absolute Gasteiger partial charge is 0.443 e. The minimum atomic E-state index is -4.39. The molecule has 0 aliphatic rings. The van der Waals surface area contributed by atoms with E-state index in [-0.39, 0.29) is 0 Å². The minimum Gasteiger partial charge on any atom is -0.381 e. The molecular weight excluding hydrogens is 253 g/mol. The molecular formula is C10H15F3N2OS. The Morgan fingerprint density at radius 3 is 2.71 bits per heavy atom. The van der Waals surface area contributed by atoms with Crippen LogP contribution < -0.4 is 5.73 Å². The van der Waals surface area contributed by atoms with Gasteiger partial charge < -0.3 is 10.5 Å². The van der Waals surface area contributed by atoms with Crippen molar-refractivity contribution >= 4 is 11.3 Å². The van der Waals surface area contributed by atoms with Gasteiger partial charge in [0.2, 0.25) is 0 Å². The summed E-state index contributed by atoms with van der Waals surface area (Å²) < 4.78 is 42.1. The fraction of sp³-hybridized carbons (Fsp3) is 0.700. The van der Waals surface area contributed by atoms with E-state index >= 15 is 0 Å². The van der Waals surface area contributed by atoms with Crippen molar-refractivity contribution in [2.75, 3.05) is 13.2 Å². The van der Waals surface area contributed by atoms with Crippen LogP contribution in [0.2, 0.25) is 0 Å². The Labute approximate surface area is 102 Å². The van der Waals surface area contributed by atoms with Gasteiger partial charge in [0.05, 0.1) is 0 Å². The van der Waals surface area contributed by atoms with E-state index in [0.29, 0.717) is 35.8 Å². The summed E-state index contributed by atoms with van der Waals surface area (Å²) in [6.45, 7) is 3.08. The van der Waals surface area contributed by atoms with Gasteiger partial charge in [-0.1, -0.05) is 6.92 Å². The number of ether oxygens (including phenoxy) is 1. The molecule has 1 aromatic heterocycles. The van der Waals surface area contributed by atoms with Crippen LogP contribution in [-0.2, 0) is 10.9 Å². The zero-order valence-electron chi connectivity index (χ0n) is 9.46. The molecule has 0 spiro atoms. The second-order valence-corrected chi connectivity index (χ2v) is 4.64. The molecule has 1 heterocycles. The quantitative estimate of drug-likeness (QED) is 0.807. The fourth-order valence-electron chi connectivity index (χ4n) is 1.19. The molecule has 3 nitrogen and oxygen atoms in total. The summed E-state index contributed by atoms with van der Waals surface area (Å²) in [4.78, 5) is 3.77. The lowest BCUT2D eigenvalue weighted by molar-refractivity contribution is -0.137. The van der Waals surface area contributed by atoms with E-state index in [0.717, 1.165) is 6.42 Å². The molecule has 0 aliphatic carbocycles. The minimum absolute atomic E-state index is 0.442. The second-order valence-electron chi connectivity index (χ2n) is 3.57. The average molecular weight is 268 g/mol. The second kappa shape index (κ2) is 6.32. The lowest BCUT2D eigenvalue weighted by atomic mass is 10.2. The summed E-state index contributed by atoms with van der Waals surface area (Å²) in [7, 11) is 0. The Balaban J connectivity index is 2.47. The van der Waals surface area contributed by atoms with Gasteiger partial charge >= 0.3 is 6.18 Å². The average Bonchev–Trinajstić information content (AvgIpc) is 2.72. The number of rotatable bonds is 6. The van der Waals surface area contributed by atoms with Crippen molar-refractivity contribution in [2.45, 2.75) is 32.0 Å². The van der Waals surface area contributed by atoms with Gasteiger partial charge in [0.15, 0.2) is 5.01 Å². The van der Waals surface area contributed by atoms with E-state index in [4.69, 9.17) is 10.5 Å². The van der Waals surface area contributed by atoms with Gasteiger partial charge in [-0.05, 0) is 12.8 Å². The molecule has 0 amide bonds. The maximum absolute atomic E-state index is 12.3. The molecule has 0 fully saturated rings. The van der Waals surface area contributed by atoms with Gasteiger partial charge in [-0.2, -0.15) is 13.2 Å². The number of alkyl halides is 3. The molecule has 1 unspecified atom stereocenters. The Morgan fingerprint density at radius 2 is 2.18 bits per heavy atom. The summed E-state index contributed by atoms with van der Waals surface area (Å²) in [5, 5.41) is -0.850. The number of nitrogens with zero attached hydrogens (tertiary/aromatic N) is 1. The highest BCUT2D eigenvalue weighted by Crippen LogP contribution is 2.34. The third-order valence-electron chi connectivity index (χ3n) is 2.05. The highest BCUT2D eigenvalue weighted by atomic mass is 32.1. The summed E-state index contributed by atoms with van der Waals surface area (Å²) in [6, 6.07) is -0.444. The van der Waals surface area contributed by atoms with Crippen molar-refractivity contribution in [3.63, 3.8) is 0 Å². The highest BCUT2D eigenvalue weighted by Gasteiger charge is 2.34. The molecule has 1 aromatic rings. The van der Waals surface area contributed by atoms with Crippen LogP contribution in [-0.4, -0.2) is 18.2 Å². The molecule has 17 heavy (non-hydrogen) atoms. The first-order chi connectivity index (χ1) is 7.95. The van der Waals surface area contributed by atoms with Crippen LogP contribution in [0.4, 0.5) is 13.2 Å². The van der Waals surface area contributed by atoms with Gasteiger partial charge in [0, 0.05) is 30.3 Å². The molecule has 0 bridgehead atoms. The molecule has 0 saturated heterocycles. The molecule has 7 heteroatoms. The van der Waals surface area contributed by atoms with Crippen LogP contribution in [0.15, 0.2) is 6.20 Å². The number of aromatic nitrogens is 1. The molecule has 0 aliphatic heterocycles. The summed E-state index contributed by atoms with van der Waals surface area (Å²) in [5.41, 5.74) is 5.76. The summed E-state index contributed by atoms with van der Waals surface area (Å²) in [5.74, 6) is 0. The van der Waals surface area contributed by atoms with E-state index in [1.807, 2.05) is 6.92 Å². The van der Waals surface area contributed by atoms with Crippen molar-refractivity contribution < 1.29 is 17.9 Å². The molecule has 0 aromatic carbocycles. The van der Waals surface area contributed by atoms with E-state index in [2.05, 4.69) is 4.98 Å². The van der Waals surface area contributed by atoms with Crippen molar-refractivity contribution in [2.24, 2.45) is 5.73 Å². The first-order valence-corrected chi connectivity index (χ1v) is 6.13. The topological polar surface area (TPSA) is 48.1 Å². The summed E-state index contributed by atoms with van der Waals surface area (Å²) >= 11 is 0.595. The predicted molar refractivity (Wildman–Crippen MR) is 59.8 cm³/mol. The Morgan fingerprint density at radius 1 is 1.47 bits per heavy atom. The van der Waals surface area contributed by atoms with E-state index in [1.165, 1.54) is 6.20 Å². The highest BCUT2D eigenvalue weighted by molar-refractivity contribution is 7.11. The van der Waals surface area contributed by atoms with Crippen LogP contribution in [0.25, 0.3) is 0 Å². The predicted octanol–water partition coefficient (Wildman–Crippen LogP) is 2.98. The third kappa shape index (κ3) is 4.61. The van der Waals surface area contributed by atoms with Crippen molar-refractivity contribution in [1.82, 2.24) is 4.98 Å². The Bertz CT molecular complexity index is 341. The lowest BCUT2D eigenvalue weighted by Gasteiger charge is -2.08. The normalized spacial score (nSPS) is 13.9. The fourth-order valence-corrected chi connectivity index (χ4v) is 2.01. The van der Waals surface area contributed by atoms with Crippen molar-refractivity contribution in [3.8, 4) is 0 Å². The zero-order chi connectivity index (χ0) is 12.9. The van der Waals surface area contributed by atoms with Crippen LogP contribution in [0.1, 0.15) is 35.7 Å². The number of nitrogens with two attached hydrogens (primary N) is 1. The Kier molecular flexibility index (Phi) is 5.35. The molecule has 0 saturated carbocycles. The maximum atomic E-state index is 12.3. The molecule has 0 radical (unpaired) electrons. The van der Waals surface area contributed by atoms with Crippen molar-refractivity contribution in [1.29, 1.82) is 0 Å². The maximum Gasteiger partial charge on any atom is 0.443 e. The van der Waals surface area contributed by atoms with Crippen molar-refractivity contribution in [3.05, 3.63) is 16.1 Å². The molecule has 1 atom stereocenters. The van der Waals surface area contributed by atoms with Crippen LogP contribution in [0.5, 0.6) is 0 Å². The first kappa shape index (κ1) is 14.4. The Hall–Kier alpha value is -0.660. The number of hydrogen-bond acceptors (Lipinski definition) is 4. The standard InChI is InChI=1S/C10H15F3N2OS/c1-2-4-16-5-3-7(14)8-6-15-9(17-8)10(11,12)13/h6-7H,2-5,14H2,1H3. The number of thiazole rings is 1. The molecule has 2 N–H and O–H groups in total. The van der Waals surface area contributed by atoms with E-state index in [9.17, 15) is 13.2 Å². The third-order valence-corrected chi connectivity index (χ3v) is 3.23. The van der Waals surface area contributed by atoms with Gasteiger partial charge in [-0.15, -0.1) is 11.3 Å². The number of halogens is 3. The van der Waals surface area contributed by atoms with E-state index < -0.39 is 17.2 Å². The van der Waals surface area contributed by atoms with Gasteiger partial charge in [-0.3, -0.25) is 0 Å². The first-order valence-electron chi connectivity index (χ1n) is 5.31. The summed E-state index contributed by atoms with van der Waals surface area (Å²) in [6.07, 6.45) is -1.78. The van der Waals surface area contributed by atoms with Gasteiger partial charge in [0.1, 0.15) is 0 Å². The van der Waals surface area contributed by atoms with E-state index in [1.54, 1.807) is 0 Å². The SMILES string of the molecule is CCCOCCC(N)c1cnc(C(F)(F)F)s1. The van der Waals surface area contributed by atoms with Crippen LogP contribution >= 0.6 is 11.3 Å². The van der Waals surface area contributed by atoms with Crippen LogP contribution in [0.3, 0.4) is 0 Å². The zero-order valence-corrected chi connectivity index (χ0v) is 10.3. The monoisotopic (exact) mass is 268 g/mol. The molecule has 1 rings (SSSR count). The van der Waals surface area contributed by atoms with Crippen LogP contribution in [0, 0.1) is 0 Å². The number of hydrogen-bond donors (Lipinski definition) is 1. The lowest BCUT2D eigenvalue weighted by Crippen LogP contribution is -2.12. The smallest absolute Gasteiger partial charge is 0.381 e.